The number of carbonyl (C=O) groups is 1. The fourth-order valence-corrected chi connectivity index (χ4v) is 3.26. The second-order valence-electron chi connectivity index (χ2n) is 7.19. The Morgan fingerprint density at radius 3 is 2.50 bits per heavy atom. The van der Waals surface area contributed by atoms with Crippen molar-refractivity contribution in [3.05, 3.63) is 41.7 Å². The van der Waals surface area contributed by atoms with Crippen LogP contribution in [0.1, 0.15) is 48.3 Å². The van der Waals surface area contributed by atoms with Crippen molar-refractivity contribution in [2.75, 3.05) is 23.3 Å². The molecule has 2 aromatic rings. The van der Waals surface area contributed by atoms with Crippen molar-refractivity contribution >= 4 is 23.2 Å². The Labute approximate surface area is 154 Å². The molecule has 1 saturated carbocycles. The summed E-state index contributed by atoms with van der Waals surface area (Å²) in [7, 11) is 0. The van der Waals surface area contributed by atoms with Gasteiger partial charge in [-0.25, -0.2) is 9.97 Å². The molecule has 1 aromatic heterocycles. The van der Waals surface area contributed by atoms with Gasteiger partial charge in [0.25, 0.3) is 5.91 Å². The summed E-state index contributed by atoms with van der Waals surface area (Å²) in [5.41, 5.74) is 3.36. The van der Waals surface area contributed by atoms with E-state index < -0.39 is 0 Å². The van der Waals surface area contributed by atoms with Crippen LogP contribution in [0.4, 0.5) is 17.3 Å². The van der Waals surface area contributed by atoms with Gasteiger partial charge in [-0.1, -0.05) is 0 Å². The van der Waals surface area contributed by atoms with Crippen molar-refractivity contribution in [3.63, 3.8) is 0 Å². The van der Waals surface area contributed by atoms with E-state index in [-0.39, 0.29) is 5.91 Å². The van der Waals surface area contributed by atoms with Crippen LogP contribution in [0.15, 0.2) is 30.3 Å². The average Bonchev–Trinajstić information content (AvgIpc) is 3.46. The number of nitrogens with zero attached hydrogens (tertiary/aromatic N) is 3. The molecule has 1 aromatic carbocycles. The minimum Gasteiger partial charge on any atom is -0.372 e. The highest BCUT2D eigenvalue weighted by atomic mass is 16.2. The normalized spacial score (nSPS) is 17.0. The number of nitrogens with one attached hydrogen (secondary N) is 2. The molecule has 6 heteroatoms. The molecule has 0 atom stereocenters. The van der Waals surface area contributed by atoms with Crippen molar-refractivity contribution in [2.24, 2.45) is 0 Å². The van der Waals surface area contributed by atoms with Gasteiger partial charge in [0.1, 0.15) is 5.69 Å². The Morgan fingerprint density at radius 2 is 1.81 bits per heavy atom. The molecule has 26 heavy (non-hydrogen) atoms. The van der Waals surface area contributed by atoms with Gasteiger partial charge < -0.3 is 15.5 Å². The highest BCUT2D eigenvalue weighted by Crippen LogP contribution is 2.23. The monoisotopic (exact) mass is 351 g/mol. The van der Waals surface area contributed by atoms with Crippen LogP contribution >= 0.6 is 0 Å². The van der Waals surface area contributed by atoms with Gasteiger partial charge in [-0.05, 0) is 69.4 Å². The van der Waals surface area contributed by atoms with Gasteiger partial charge in [0.15, 0.2) is 0 Å². The summed E-state index contributed by atoms with van der Waals surface area (Å²) in [4.78, 5) is 23.4. The third-order valence-electron chi connectivity index (χ3n) is 4.84. The summed E-state index contributed by atoms with van der Waals surface area (Å²) < 4.78 is 0. The van der Waals surface area contributed by atoms with Crippen molar-refractivity contribution in [1.82, 2.24) is 15.3 Å². The zero-order chi connectivity index (χ0) is 17.9. The maximum absolute atomic E-state index is 12.2. The number of hydrogen-bond acceptors (Lipinski definition) is 5. The summed E-state index contributed by atoms with van der Waals surface area (Å²) in [5.74, 6) is 0.332. The van der Waals surface area contributed by atoms with Crippen molar-refractivity contribution in [1.29, 1.82) is 0 Å². The Balaban J connectivity index is 1.46. The molecule has 136 valence electrons. The Hall–Kier alpha value is -2.63. The zero-order valence-corrected chi connectivity index (χ0v) is 15.2. The van der Waals surface area contributed by atoms with E-state index in [1.54, 1.807) is 6.07 Å². The Morgan fingerprint density at radius 1 is 1.08 bits per heavy atom. The highest BCUT2D eigenvalue weighted by Gasteiger charge is 2.24. The molecule has 1 amide bonds. The van der Waals surface area contributed by atoms with Crippen molar-refractivity contribution < 1.29 is 4.79 Å². The van der Waals surface area contributed by atoms with E-state index in [0.717, 1.165) is 37.3 Å². The van der Waals surface area contributed by atoms with E-state index in [0.29, 0.717) is 17.7 Å². The predicted octanol–water partition coefficient (Wildman–Crippen LogP) is 3.41. The fraction of sp³-hybridized carbons (Fsp3) is 0.450. The number of benzene rings is 1. The van der Waals surface area contributed by atoms with Crippen LogP contribution < -0.4 is 15.5 Å². The fourth-order valence-electron chi connectivity index (χ4n) is 3.26. The number of hydrogen-bond donors (Lipinski definition) is 2. The number of anilines is 3. The van der Waals surface area contributed by atoms with E-state index in [1.165, 1.54) is 24.9 Å². The number of piperidine rings is 1. The third kappa shape index (κ3) is 4.12. The summed E-state index contributed by atoms with van der Waals surface area (Å²) in [5, 5.41) is 6.19. The number of rotatable bonds is 5. The minimum absolute atomic E-state index is 0.124. The molecule has 2 N–H and O–H groups in total. The van der Waals surface area contributed by atoms with Crippen LogP contribution in [0.2, 0.25) is 0 Å². The molecule has 4 rings (SSSR count). The molecule has 2 heterocycles. The maximum Gasteiger partial charge on any atom is 0.270 e. The van der Waals surface area contributed by atoms with E-state index >= 15 is 0 Å². The molecule has 1 aliphatic carbocycles. The maximum atomic E-state index is 12.2. The number of carbonyl (C=O) groups excluding carboxylic acids is 1. The standard InChI is InChI=1S/C20H25N5O/c1-14-13-18(19(26)22-15-5-6-15)24-20(21-14)23-16-7-9-17(10-8-16)25-11-3-2-4-12-25/h7-10,13,15H,2-6,11-12H2,1H3,(H,22,26)(H,21,23,24). The largest absolute Gasteiger partial charge is 0.372 e. The first kappa shape index (κ1) is 16.8. The van der Waals surface area contributed by atoms with Gasteiger partial charge in [-0.3, -0.25) is 4.79 Å². The van der Waals surface area contributed by atoms with Crippen LogP contribution in [0, 0.1) is 6.92 Å². The lowest BCUT2D eigenvalue weighted by atomic mass is 10.1. The first-order valence-electron chi connectivity index (χ1n) is 9.46. The quantitative estimate of drug-likeness (QED) is 0.864. The molecule has 1 saturated heterocycles. The van der Waals surface area contributed by atoms with E-state index in [9.17, 15) is 4.79 Å². The second kappa shape index (κ2) is 7.32. The van der Waals surface area contributed by atoms with Gasteiger partial charge >= 0.3 is 0 Å². The van der Waals surface area contributed by atoms with E-state index in [2.05, 4.69) is 37.6 Å². The van der Waals surface area contributed by atoms with Gasteiger partial charge in [0.2, 0.25) is 5.95 Å². The molecular weight excluding hydrogens is 326 g/mol. The molecule has 6 nitrogen and oxygen atoms in total. The lowest BCUT2D eigenvalue weighted by Gasteiger charge is -2.28. The lowest BCUT2D eigenvalue weighted by Crippen LogP contribution is -2.29. The number of amides is 1. The van der Waals surface area contributed by atoms with Gasteiger partial charge in [0, 0.05) is 36.2 Å². The van der Waals surface area contributed by atoms with Crippen molar-refractivity contribution in [2.45, 2.75) is 45.1 Å². The minimum atomic E-state index is -0.124. The van der Waals surface area contributed by atoms with E-state index in [1.807, 2.05) is 19.1 Å². The van der Waals surface area contributed by atoms with Crippen LogP contribution in [0.5, 0.6) is 0 Å². The van der Waals surface area contributed by atoms with Crippen LogP contribution in [-0.2, 0) is 0 Å². The molecule has 0 radical (unpaired) electrons. The van der Waals surface area contributed by atoms with Crippen LogP contribution in [-0.4, -0.2) is 35.0 Å². The van der Waals surface area contributed by atoms with Gasteiger partial charge in [-0.15, -0.1) is 0 Å². The smallest absolute Gasteiger partial charge is 0.270 e. The van der Waals surface area contributed by atoms with Crippen molar-refractivity contribution in [3.8, 4) is 0 Å². The number of aromatic nitrogens is 2. The summed E-state index contributed by atoms with van der Waals surface area (Å²) in [6, 6.07) is 10.4. The summed E-state index contributed by atoms with van der Waals surface area (Å²) in [6.45, 7) is 4.14. The predicted molar refractivity (Wildman–Crippen MR) is 103 cm³/mol. The molecule has 2 aliphatic rings. The SMILES string of the molecule is Cc1cc(C(=O)NC2CC2)nc(Nc2ccc(N3CCCCC3)cc2)n1. The molecule has 2 fully saturated rings. The first-order chi connectivity index (χ1) is 12.7. The molecule has 1 aliphatic heterocycles. The highest BCUT2D eigenvalue weighted by molar-refractivity contribution is 5.93. The topological polar surface area (TPSA) is 70.2 Å². The third-order valence-corrected chi connectivity index (χ3v) is 4.84. The first-order valence-corrected chi connectivity index (χ1v) is 9.46. The average molecular weight is 351 g/mol. The molecule has 0 bridgehead atoms. The second-order valence-corrected chi connectivity index (χ2v) is 7.19. The Bertz CT molecular complexity index is 779. The van der Waals surface area contributed by atoms with Gasteiger partial charge in [0.05, 0.1) is 0 Å². The zero-order valence-electron chi connectivity index (χ0n) is 15.2. The van der Waals surface area contributed by atoms with E-state index in [4.69, 9.17) is 0 Å². The summed E-state index contributed by atoms with van der Waals surface area (Å²) >= 11 is 0. The number of aryl methyl sites for hydroxylation is 1. The van der Waals surface area contributed by atoms with Crippen LogP contribution in [0.25, 0.3) is 0 Å². The molecular formula is C20H25N5O. The molecule has 0 unspecified atom stereocenters. The lowest BCUT2D eigenvalue weighted by molar-refractivity contribution is 0.0946. The van der Waals surface area contributed by atoms with Crippen LogP contribution in [0.3, 0.4) is 0 Å². The van der Waals surface area contributed by atoms with Gasteiger partial charge in [-0.2, -0.15) is 0 Å². The summed E-state index contributed by atoms with van der Waals surface area (Å²) in [6.07, 6.45) is 5.98. The molecule has 0 spiro atoms. The Kier molecular flexibility index (Phi) is 4.73.